The van der Waals surface area contributed by atoms with E-state index >= 15 is 0 Å². The highest BCUT2D eigenvalue weighted by molar-refractivity contribution is 5.81. The van der Waals surface area contributed by atoms with Crippen LogP contribution in [0.1, 0.15) is 18.0 Å². The maximum atomic E-state index is 8.81. The molecule has 0 aliphatic rings. The predicted octanol–water partition coefficient (Wildman–Crippen LogP) is 2.98. The summed E-state index contributed by atoms with van der Waals surface area (Å²) in [5, 5.41) is 15.3. The lowest BCUT2D eigenvalue weighted by molar-refractivity contribution is 0.316. The van der Waals surface area contributed by atoms with E-state index in [4.69, 9.17) is 15.7 Å². The normalized spacial score (nSPS) is 12.7. The van der Waals surface area contributed by atoms with Crippen LogP contribution in [0.25, 0.3) is 0 Å². The van der Waals surface area contributed by atoms with E-state index in [0.29, 0.717) is 6.42 Å². The van der Waals surface area contributed by atoms with E-state index < -0.39 is 0 Å². The Kier molecular flexibility index (Phi) is 5.04. The van der Waals surface area contributed by atoms with Gasteiger partial charge in [0.05, 0.1) is 18.8 Å². The number of rotatable bonds is 6. The molecule has 0 radical (unpaired) electrons. The van der Waals surface area contributed by atoms with Crippen molar-refractivity contribution in [2.24, 2.45) is 10.9 Å². The summed E-state index contributed by atoms with van der Waals surface area (Å²) in [5.41, 5.74) is 7.58. The molecular formula is C16H19N3O2. The van der Waals surface area contributed by atoms with E-state index in [2.05, 4.69) is 10.5 Å². The summed E-state index contributed by atoms with van der Waals surface area (Å²) in [6, 6.07) is 17.4. The fourth-order valence-electron chi connectivity index (χ4n) is 2.14. The van der Waals surface area contributed by atoms with Gasteiger partial charge in [0.1, 0.15) is 11.6 Å². The van der Waals surface area contributed by atoms with E-state index in [9.17, 15) is 0 Å². The highest BCUT2D eigenvalue weighted by Crippen LogP contribution is 2.29. The number of methoxy groups -OCH3 is 1. The molecule has 0 aliphatic carbocycles. The summed E-state index contributed by atoms with van der Waals surface area (Å²) >= 11 is 0. The van der Waals surface area contributed by atoms with Gasteiger partial charge in [-0.05, 0) is 17.7 Å². The first-order valence-electron chi connectivity index (χ1n) is 6.65. The van der Waals surface area contributed by atoms with Crippen molar-refractivity contribution >= 4 is 11.5 Å². The highest BCUT2D eigenvalue weighted by atomic mass is 16.5. The Morgan fingerprint density at radius 3 is 2.52 bits per heavy atom. The minimum atomic E-state index is -0.113. The molecule has 1 unspecified atom stereocenters. The van der Waals surface area contributed by atoms with Gasteiger partial charge in [0, 0.05) is 6.42 Å². The SMILES string of the molecule is COc1ccccc1NC(CC(N)=NO)c1ccccc1. The fraction of sp³-hybridized carbons (Fsp3) is 0.188. The smallest absolute Gasteiger partial charge is 0.141 e. The van der Waals surface area contributed by atoms with Gasteiger partial charge in [-0.25, -0.2) is 0 Å². The molecule has 0 amide bonds. The van der Waals surface area contributed by atoms with Gasteiger partial charge in [-0.3, -0.25) is 0 Å². The molecule has 0 heterocycles. The second-order valence-electron chi connectivity index (χ2n) is 4.60. The van der Waals surface area contributed by atoms with Crippen molar-refractivity contribution in [3.05, 3.63) is 60.2 Å². The van der Waals surface area contributed by atoms with Crippen LogP contribution in [-0.2, 0) is 0 Å². The molecule has 5 heteroatoms. The van der Waals surface area contributed by atoms with Crippen molar-refractivity contribution in [1.29, 1.82) is 0 Å². The molecule has 2 aromatic carbocycles. The van der Waals surface area contributed by atoms with E-state index in [1.54, 1.807) is 7.11 Å². The average molecular weight is 285 g/mol. The summed E-state index contributed by atoms with van der Waals surface area (Å²) in [6.07, 6.45) is 0.387. The van der Waals surface area contributed by atoms with Gasteiger partial charge in [-0.2, -0.15) is 0 Å². The number of oxime groups is 1. The van der Waals surface area contributed by atoms with Gasteiger partial charge >= 0.3 is 0 Å². The molecule has 0 saturated carbocycles. The summed E-state index contributed by atoms with van der Waals surface area (Å²) in [7, 11) is 1.63. The Morgan fingerprint density at radius 2 is 1.86 bits per heavy atom. The van der Waals surface area contributed by atoms with Gasteiger partial charge in [0.15, 0.2) is 0 Å². The molecule has 0 spiro atoms. The Bertz CT molecular complexity index is 599. The molecule has 0 fully saturated rings. The summed E-state index contributed by atoms with van der Waals surface area (Å²) in [4.78, 5) is 0. The summed E-state index contributed by atoms with van der Waals surface area (Å²) < 4.78 is 5.34. The largest absolute Gasteiger partial charge is 0.495 e. The first kappa shape index (κ1) is 14.7. The molecule has 5 nitrogen and oxygen atoms in total. The molecule has 0 aliphatic heterocycles. The molecule has 110 valence electrons. The lowest BCUT2D eigenvalue weighted by Gasteiger charge is -2.21. The van der Waals surface area contributed by atoms with Crippen LogP contribution in [0.15, 0.2) is 59.8 Å². The van der Waals surface area contributed by atoms with Gasteiger partial charge in [-0.15, -0.1) is 0 Å². The van der Waals surface area contributed by atoms with E-state index in [-0.39, 0.29) is 11.9 Å². The van der Waals surface area contributed by atoms with Crippen LogP contribution in [0.3, 0.4) is 0 Å². The maximum Gasteiger partial charge on any atom is 0.141 e. The van der Waals surface area contributed by atoms with Crippen molar-refractivity contribution in [2.75, 3.05) is 12.4 Å². The lowest BCUT2D eigenvalue weighted by Crippen LogP contribution is -2.21. The van der Waals surface area contributed by atoms with Crippen LogP contribution in [0.2, 0.25) is 0 Å². The molecule has 2 rings (SSSR count). The van der Waals surface area contributed by atoms with E-state index in [1.165, 1.54) is 0 Å². The maximum absolute atomic E-state index is 8.81. The van der Waals surface area contributed by atoms with E-state index in [1.807, 2.05) is 54.6 Å². The van der Waals surface area contributed by atoms with Crippen LogP contribution >= 0.6 is 0 Å². The predicted molar refractivity (Wildman–Crippen MR) is 83.8 cm³/mol. The molecule has 0 saturated heterocycles. The van der Waals surface area contributed by atoms with Gasteiger partial charge in [-0.1, -0.05) is 47.6 Å². The zero-order valence-corrected chi connectivity index (χ0v) is 11.9. The highest BCUT2D eigenvalue weighted by Gasteiger charge is 2.15. The molecule has 1 atom stereocenters. The number of benzene rings is 2. The minimum absolute atomic E-state index is 0.113. The lowest BCUT2D eigenvalue weighted by atomic mass is 10.0. The molecule has 21 heavy (non-hydrogen) atoms. The Morgan fingerprint density at radius 1 is 1.19 bits per heavy atom. The van der Waals surface area contributed by atoms with Crippen molar-refractivity contribution in [1.82, 2.24) is 0 Å². The topological polar surface area (TPSA) is 79.9 Å². The van der Waals surface area contributed by atoms with Crippen LogP contribution in [-0.4, -0.2) is 18.2 Å². The number of para-hydroxylation sites is 2. The Hall–Kier alpha value is -2.69. The quantitative estimate of drug-likeness (QED) is 0.330. The number of nitrogens with one attached hydrogen (secondary N) is 1. The van der Waals surface area contributed by atoms with Crippen LogP contribution in [0, 0.1) is 0 Å². The third-order valence-electron chi connectivity index (χ3n) is 3.18. The molecular weight excluding hydrogens is 266 g/mol. The van der Waals surface area contributed by atoms with Gasteiger partial charge in [0.25, 0.3) is 0 Å². The zero-order chi connectivity index (χ0) is 15.1. The van der Waals surface area contributed by atoms with Crippen LogP contribution in [0.5, 0.6) is 5.75 Å². The minimum Gasteiger partial charge on any atom is -0.495 e. The first-order chi connectivity index (χ1) is 10.2. The fourth-order valence-corrected chi connectivity index (χ4v) is 2.14. The summed E-state index contributed by atoms with van der Waals surface area (Å²) in [6.45, 7) is 0. The number of hydrogen-bond acceptors (Lipinski definition) is 4. The van der Waals surface area contributed by atoms with Crippen LogP contribution < -0.4 is 15.8 Å². The number of nitrogens with two attached hydrogens (primary N) is 1. The second-order valence-corrected chi connectivity index (χ2v) is 4.60. The van der Waals surface area contributed by atoms with Crippen molar-refractivity contribution in [3.63, 3.8) is 0 Å². The average Bonchev–Trinajstić information content (AvgIpc) is 2.55. The Labute approximate surface area is 124 Å². The second kappa shape index (κ2) is 7.19. The molecule has 4 N–H and O–H groups in total. The van der Waals surface area contributed by atoms with Crippen molar-refractivity contribution < 1.29 is 9.94 Å². The monoisotopic (exact) mass is 285 g/mol. The van der Waals surface area contributed by atoms with Gasteiger partial charge in [0.2, 0.25) is 0 Å². The molecule has 0 aromatic heterocycles. The number of nitrogens with zero attached hydrogens (tertiary/aromatic N) is 1. The zero-order valence-electron chi connectivity index (χ0n) is 11.9. The number of amidine groups is 1. The molecule has 2 aromatic rings. The first-order valence-corrected chi connectivity index (χ1v) is 6.65. The third kappa shape index (κ3) is 3.89. The standard InChI is InChI=1S/C16H19N3O2/c1-21-15-10-6-5-9-13(15)18-14(11-16(17)19-20)12-7-3-2-4-8-12/h2-10,14,18,20H,11H2,1H3,(H2,17,19). The third-order valence-corrected chi connectivity index (χ3v) is 3.18. The Balaban J connectivity index is 2.28. The van der Waals surface area contributed by atoms with Gasteiger partial charge < -0.3 is 21.0 Å². The summed E-state index contributed by atoms with van der Waals surface area (Å²) in [5.74, 6) is 0.921. The number of hydrogen-bond donors (Lipinski definition) is 3. The van der Waals surface area contributed by atoms with Crippen molar-refractivity contribution in [2.45, 2.75) is 12.5 Å². The van der Waals surface area contributed by atoms with Crippen molar-refractivity contribution in [3.8, 4) is 5.75 Å². The molecule has 0 bridgehead atoms. The number of ether oxygens (including phenoxy) is 1. The van der Waals surface area contributed by atoms with E-state index in [0.717, 1.165) is 17.0 Å². The van der Waals surface area contributed by atoms with Crippen LogP contribution in [0.4, 0.5) is 5.69 Å². The number of anilines is 1.